The summed E-state index contributed by atoms with van der Waals surface area (Å²) in [4.78, 5) is 13.6. The fraction of sp³-hybridized carbons (Fsp3) is 0.143. The molecular formula is C21H17N5OS. The van der Waals surface area contributed by atoms with E-state index in [4.69, 9.17) is 0 Å². The van der Waals surface area contributed by atoms with Gasteiger partial charge in [-0.1, -0.05) is 42.5 Å². The van der Waals surface area contributed by atoms with Gasteiger partial charge in [-0.3, -0.25) is 4.79 Å². The number of aromatic nitrogens is 4. The van der Waals surface area contributed by atoms with Gasteiger partial charge in [0, 0.05) is 16.8 Å². The lowest BCUT2D eigenvalue weighted by molar-refractivity contribution is 0.103. The lowest BCUT2D eigenvalue weighted by Gasteiger charge is -2.08. The average Bonchev–Trinajstić information content (AvgIpc) is 3.26. The molecule has 1 aliphatic carbocycles. The Morgan fingerprint density at radius 1 is 1.04 bits per heavy atom. The smallest absolute Gasteiger partial charge is 0.266 e. The number of nitrogens with one attached hydrogen (secondary N) is 1. The van der Waals surface area contributed by atoms with Crippen LogP contribution in [-0.4, -0.2) is 26.1 Å². The zero-order valence-electron chi connectivity index (χ0n) is 14.9. The minimum absolute atomic E-state index is 0.118. The first kappa shape index (κ1) is 16.8. The summed E-state index contributed by atoms with van der Waals surface area (Å²) < 4.78 is 1.87. The summed E-state index contributed by atoms with van der Waals surface area (Å²) in [6, 6.07) is 20.0. The van der Waals surface area contributed by atoms with Crippen molar-refractivity contribution in [2.75, 3.05) is 5.32 Å². The van der Waals surface area contributed by atoms with Gasteiger partial charge in [0.05, 0.1) is 10.9 Å². The Hall–Kier alpha value is -3.32. The van der Waals surface area contributed by atoms with Gasteiger partial charge in [-0.05, 0) is 52.4 Å². The number of nitrogens with zero attached hydrogens (tertiary/aromatic N) is 4. The monoisotopic (exact) mass is 387 g/mol. The van der Waals surface area contributed by atoms with Crippen LogP contribution < -0.4 is 5.32 Å². The molecule has 1 aliphatic rings. The second-order valence-electron chi connectivity index (χ2n) is 6.74. The van der Waals surface area contributed by atoms with Gasteiger partial charge in [0.25, 0.3) is 5.91 Å². The van der Waals surface area contributed by atoms with E-state index in [0.717, 1.165) is 41.0 Å². The first-order valence-electron chi connectivity index (χ1n) is 9.12. The van der Waals surface area contributed by atoms with Crippen LogP contribution in [0.5, 0.6) is 0 Å². The summed E-state index contributed by atoms with van der Waals surface area (Å²) in [7, 11) is 0. The number of rotatable bonds is 5. The van der Waals surface area contributed by atoms with Gasteiger partial charge < -0.3 is 5.32 Å². The molecule has 6 nitrogen and oxygen atoms in total. The Morgan fingerprint density at radius 2 is 1.86 bits per heavy atom. The van der Waals surface area contributed by atoms with E-state index in [1.54, 1.807) is 0 Å². The van der Waals surface area contributed by atoms with Crippen LogP contribution in [0.1, 0.15) is 28.6 Å². The number of anilines is 1. The highest BCUT2D eigenvalue weighted by molar-refractivity contribution is 7.12. The standard InChI is InChI=1S/C21H17N5OS/c27-21(19-18(11-12-28-19)14-5-2-1-3-6-14)22-16-8-4-7-15(13-16)20-23-24-25-26(20)17-9-10-17/h1-8,11-13,17H,9-10H2,(H,22,27). The van der Waals surface area contributed by atoms with Crippen LogP contribution in [0.4, 0.5) is 5.69 Å². The van der Waals surface area contributed by atoms with Gasteiger partial charge in [-0.15, -0.1) is 16.4 Å². The van der Waals surface area contributed by atoms with Gasteiger partial charge >= 0.3 is 0 Å². The summed E-state index contributed by atoms with van der Waals surface area (Å²) in [6.45, 7) is 0. The van der Waals surface area contributed by atoms with Gasteiger partial charge in [0.2, 0.25) is 0 Å². The summed E-state index contributed by atoms with van der Waals surface area (Å²) in [5.74, 6) is 0.618. The number of benzene rings is 2. The summed E-state index contributed by atoms with van der Waals surface area (Å²) in [5.41, 5.74) is 3.59. The molecule has 0 unspecified atom stereocenters. The minimum atomic E-state index is -0.118. The van der Waals surface area contributed by atoms with E-state index in [1.807, 2.05) is 70.7 Å². The first-order chi connectivity index (χ1) is 13.8. The maximum absolute atomic E-state index is 12.9. The largest absolute Gasteiger partial charge is 0.321 e. The highest BCUT2D eigenvalue weighted by Gasteiger charge is 2.28. The van der Waals surface area contributed by atoms with E-state index < -0.39 is 0 Å². The molecule has 1 saturated carbocycles. The molecule has 4 aromatic rings. The Balaban J connectivity index is 1.41. The van der Waals surface area contributed by atoms with Crippen molar-refractivity contribution in [2.24, 2.45) is 0 Å². The lowest BCUT2D eigenvalue weighted by Crippen LogP contribution is -2.11. The number of amides is 1. The van der Waals surface area contributed by atoms with Crippen LogP contribution in [0.25, 0.3) is 22.5 Å². The summed E-state index contributed by atoms with van der Waals surface area (Å²) in [5, 5.41) is 17.0. The van der Waals surface area contributed by atoms with Crippen molar-refractivity contribution in [3.05, 3.63) is 70.9 Å². The number of tetrazole rings is 1. The normalized spacial score (nSPS) is 13.4. The van der Waals surface area contributed by atoms with Crippen molar-refractivity contribution >= 4 is 22.9 Å². The third-order valence-electron chi connectivity index (χ3n) is 4.72. The van der Waals surface area contributed by atoms with E-state index in [1.165, 1.54) is 11.3 Å². The van der Waals surface area contributed by atoms with Crippen LogP contribution in [-0.2, 0) is 0 Å². The molecule has 0 radical (unpaired) electrons. The highest BCUT2D eigenvalue weighted by Crippen LogP contribution is 2.37. The number of carbonyl (C=O) groups excluding carboxylic acids is 1. The van der Waals surface area contributed by atoms with E-state index >= 15 is 0 Å². The molecular weight excluding hydrogens is 370 g/mol. The topological polar surface area (TPSA) is 72.7 Å². The second-order valence-corrected chi connectivity index (χ2v) is 7.66. The lowest BCUT2D eigenvalue weighted by atomic mass is 10.1. The van der Waals surface area contributed by atoms with Crippen LogP contribution >= 0.6 is 11.3 Å². The Labute approximate surface area is 165 Å². The van der Waals surface area contributed by atoms with E-state index in [0.29, 0.717) is 10.9 Å². The first-order valence-corrected chi connectivity index (χ1v) is 10.00. The predicted molar refractivity (Wildman–Crippen MR) is 109 cm³/mol. The van der Waals surface area contributed by atoms with Crippen LogP contribution in [0.15, 0.2) is 66.0 Å². The molecule has 1 fully saturated rings. The van der Waals surface area contributed by atoms with E-state index in [9.17, 15) is 4.79 Å². The van der Waals surface area contributed by atoms with E-state index in [2.05, 4.69) is 20.8 Å². The quantitative estimate of drug-likeness (QED) is 0.541. The summed E-state index contributed by atoms with van der Waals surface area (Å²) in [6.07, 6.45) is 2.21. The van der Waals surface area contributed by atoms with Crippen LogP contribution in [0, 0.1) is 0 Å². The molecule has 7 heteroatoms. The average molecular weight is 387 g/mol. The minimum Gasteiger partial charge on any atom is -0.321 e. The molecule has 0 saturated heterocycles. The third kappa shape index (κ3) is 3.20. The van der Waals surface area contributed by atoms with Crippen LogP contribution in [0.2, 0.25) is 0 Å². The summed E-state index contributed by atoms with van der Waals surface area (Å²) >= 11 is 1.44. The van der Waals surface area contributed by atoms with Crippen molar-refractivity contribution in [3.63, 3.8) is 0 Å². The molecule has 5 rings (SSSR count). The van der Waals surface area contributed by atoms with Crippen LogP contribution in [0.3, 0.4) is 0 Å². The molecule has 2 aromatic carbocycles. The Morgan fingerprint density at radius 3 is 2.68 bits per heavy atom. The molecule has 28 heavy (non-hydrogen) atoms. The van der Waals surface area contributed by atoms with Crippen molar-refractivity contribution in [1.29, 1.82) is 0 Å². The molecule has 138 valence electrons. The SMILES string of the molecule is O=C(Nc1cccc(-c2nnnn2C2CC2)c1)c1sccc1-c1ccccc1. The number of hydrogen-bond donors (Lipinski definition) is 1. The molecule has 1 amide bonds. The third-order valence-corrected chi connectivity index (χ3v) is 5.63. The molecule has 0 bridgehead atoms. The second kappa shape index (κ2) is 7.01. The van der Waals surface area contributed by atoms with Gasteiger partial charge in [0.1, 0.15) is 0 Å². The highest BCUT2D eigenvalue weighted by atomic mass is 32.1. The molecule has 0 spiro atoms. The van der Waals surface area contributed by atoms with Crippen molar-refractivity contribution < 1.29 is 4.79 Å². The van der Waals surface area contributed by atoms with Crippen molar-refractivity contribution in [3.8, 4) is 22.5 Å². The van der Waals surface area contributed by atoms with Gasteiger partial charge in [-0.25, -0.2) is 4.68 Å². The Kier molecular flexibility index (Phi) is 4.21. The zero-order chi connectivity index (χ0) is 18.9. The van der Waals surface area contributed by atoms with Gasteiger partial charge in [0.15, 0.2) is 5.82 Å². The number of hydrogen-bond acceptors (Lipinski definition) is 5. The predicted octanol–water partition coefficient (Wildman–Crippen LogP) is 4.66. The maximum atomic E-state index is 12.9. The molecule has 0 atom stereocenters. The number of thiophene rings is 1. The number of carbonyl (C=O) groups is 1. The molecule has 2 heterocycles. The zero-order valence-corrected chi connectivity index (χ0v) is 15.8. The van der Waals surface area contributed by atoms with Crippen molar-refractivity contribution in [2.45, 2.75) is 18.9 Å². The fourth-order valence-electron chi connectivity index (χ4n) is 3.20. The van der Waals surface area contributed by atoms with Crippen molar-refractivity contribution in [1.82, 2.24) is 20.2 Å². The van der Waals surface area contributed by atoms with Gasteiger partial charge in [-0.2, -0.15) is 0 Å². The fourth-order valence-corrected chi connectivity index (χ4v) is 4.01. The molecule has 2 aromatic heterocycles. The maximum Gasteiger partial charge on any atom is 0.266 e. The van der Waals surface area contributed by atoms with E-state index in [-0.39, 0.29) is 5.91 Å². The molecule has 0 aliphatic heterocycles. The Bertz CT molecular complexity index is 1130. The molecule has 1 N–H and O–H groups in total.